The summed E-state index contributed by atoms with van der Waals surface area (Å²) in [6.45, 7) is 2.59. The molecule has 1 rings (SSSR count). The lowest BCUT2D eigenvalue weighted by Gasteiger charge is -2.09. The lowest BCUT2D eigenvalue weighted by molar-refractivity contribution is 0.0686. The fourth-order valence-corrected chi connectivity index (χ4v) is 1.90. The average Bonchev–Trinajstić information content (AvgIpc) is 2.37. The minimum atomic E-state index is -1.30. The van der Waals surface area contributed by atoms with Gasteiger partial charge in [0.25, 0.3) is 0 Å². The van der Waals surface area contributed by atoms with E-state index in [-0.39, 0.29) is 11.3 Å². The minimum Gasteiger partial charge on any atom is -0.493 e. The van der Waals surface area contributed by atoms with Crippen molar-refractivity contribution >= 4 is 5.97 Å². The third kappa shape index (κ3) is 5.28. The molecule has 0 amide bonds. The van der Waals surface area contributed by atoms with E-state index in [1.165, 1.54) is 31.4 Å². The van der Waals surface area contributed by atoms with Crippen LogP contribution < -0.4 is 4.74 Å². The van der Waals surface area contributed by atoms with Crippen LogP contribution in [0, 0.1) is 5.82 Å². The molecule has 0 aromatic heterocycles. The second-order valence-electron chi connectivity index (χ2n) is 4.53. The molecule has 0 bridgehead atoms. The van der Waals surface area contributed by atoms with E-state index in [4.69, 9.17) is 9.84 Å². The van der Waals surface area contributed by atoms with Crippen molar-refractivity contribution in [1.82, 2.24) is 0 Å². The van der Waals surface area contributed by atoms with Gasteiger partial charge in [0.2, 0.25) is 0 Å². The second kappa shape index (κ2) is 8.51. The number of carboxylic acids is 1. The summed E-state index contributed by atoms with van der Waals surface area (Å²) in [7, 11) is 0. The molecule has 0 heterocycles. The Morgan fingerprint density at radius 3 is 2.58 bits per heavy atom. The third-order valence-electron chi connectivity index (χ3n) is 2.94. The summed E-state index contributed by atoms with van der Waals surface area (Å²) in [5.41, 5.74) is -0.381. The zero-order valence-corrected chi connectivity index (χ0v) is 11.3. The summed E-state index contributed by atoms with van der Waals surface area (Å²) in [5.74, 6) is -1.94. The van der Waals surface area contributed by atoms with E-state index >= 15 is 0 Å². The van der Waals surface area contributed by atoms with Crippen molar-refractivity contribution in [2.45, 2.75) is 45.4 Å². The van der Waals surface area contributed by atoms with Crippen molar-refractivity contribution in [2.24, 2.45) is 0 Å². The number of halogens is 1. The molecule has 0 fully saturated rings. The molecule has 0 saturated heterocycles. The van der Waals surface area contributed by atoms with E-state index < -0.39 is 11.8 Å². The molecular formula is C15H21FO3. The highest BCUT2D eigenvalue weighted by Crippen LogP contribution is 2.21. The van der Waals surface area contributed by atoms with Gasteiger partial charge in [0.15, 0.2) is 0 Å². The lowest BCUT2D eigenvalue weighted by atomic mass is 10.1. The van der Waals surface area contributed by atoms with Gasteiger partial charge in [-0.1, -0.05) is 45.1 Å². The van der Waals surface area contributed by atoms with Gasteiger partial charge in [-0.25, -0.2) is 9.18 Å². The van der Waals surface area contributed by atoms with Crippen molar-refractivity contribution in [1.29, 1.82) is 0 Å². The van der Waals surface area contributed by atoms with Crippen LogP contribution in [0.3, 0.4) is 0 Å². The van der Waals surface area contributed by atoms with Crippen LogP contribution >= 0.6 is 0 Å². The number of hydrogen-bond acceptors (Lipinski definition) is 2. The van der Waals surface area contributed by atoms with Crippen LogP contribution in [-0.4, -0.2) is 17.7 Å². The molecule has 0 aliphatic carbocycles. The Balaban J connectivity index is 2.37. The molecule has 1 aromatic carbocycles. The Kier molecular flexibility index (Phi) is 6.93. The monoisotopic (exact) mass is 268 g/mol. The molecule has 0 aliphatic rings. The van der Waals surface area contributed by atoms with Gasteiger partial charge in [-0.2, -0.15) is 0 Å². The molecule has 0 unspecified atom stereocenters. The number of unbranched alkanes of at least 4 members (excludes halogenated alkanes) is 5. The van der Waals surface area contributed by atoms with Crippen LogP contribution in [-0.2, 0) is 0 Å². The van der Waals surface area contributed by atoms with Crippen LogP contribution in [0.2, 0.25) is 0 Å². The van der Waals surface area contributed by atoms with E-state index in [1.807, 2.05) is 0 Å². The molecular weight excluding hydrogens is 247 g/mol. The normalized spacial score (nSPS) is 10.4. The molecule has 3 nitrogen and oxygen atoms in total. The molecule has 0 spiro atoms. The summed E-state index contributed by atoms with van der Waals surface area (Å²) in [6.07, 6.45) is 6.75. The van der Waals surface area contributed by atoms with Gasteiger partial charge in [0, 0.05) is 0 Å². The molecule has 0 aliphatic heterocycles. The van der Waals surface area contributed by atoms with E-state index in [9.17, 15) is 9.18 Å². The number of ether oxygens (including phenoxy) is 1. The SMILES string of the molecule is CCCCCCCCOc1cccc(F)c1C(=O)O. The molecule has 1 N–H and O–H groups in total. The molecule has 1 aromatic rings. The highest BCUT2D eigenvalue weighted by molar-refractivity contribution is 5.91. The first-order valence-electron chi connectivity index (χ1n) is 6.81. The third-order valence-corrected chi connectivity index (χ3v) is 2.94. The molecule has 0 radical (unpaired) electrons. The maximum Gasteiger partial charge on any atom is 0.342 e. The van der Waals surface area contributed by atoms with Crippen LogP contribution in [0.5, 0.6) is 5.75 Å². The van der Waals surface area contributed by atoms with E-state index in [0.29, 0.717) is 6.61 Å². The number of hydrogen-bond donors (Lipinski definition) is 1. The Morgan fingerprint density at radius 1 is 1.21 bits per heavy atom. The maximum atomic E-state index is 13.4. The lowest BCUT2D eigenvalue weighted by Crippen LogP contribution is -2.06. The van der Waals surface area contributed by atoms with Gasteiger partial charge in [0.05, 0.1) is 6.61 Å². The van der Waals surface area contributed by atoms with Gasteiger partial charge in [-0.05, 0) is 18.6 Å². The summed E-state index contributed by atoms with van der Waals surface area (Å²) in [5, 5.41) is 8.93. The van der Waals surface area contributed by atoms with Gasteiger partial charge >= 0.3 is 5.97 Å². The first kappa shape index (κ1) is 15.5. The van der Waals surface area contributed by atoms with Gasteiger partial charge < -0.3 is 9.84 Å². The standard InChI is InChI=1S/C15H21FO3/c1-2-3-4-5-6-7-11-19-13-10-8-9-12(16)14(13)15(17)18/h8-10H,2-7,11H2,1H3,(H,17,18). The Hall–Kier alpha value is -1.58. The van der Waals surface area contributed by atoms with Crippen LogP contribution in [0.4, 0.5) is 4.39 Å². The molecule has 0 saturated carbocycles. The van der Waals surface area contributed by atoms with Crippen molar-refractivity contribution in [3.63, 3.8) is 0 Å². The number of benzene rings is 1. The fourth-order valence-electron chi connectivity index (χ4n) is 1.90. The Bertz CT molecular complexity index is 404. The van der Waals surface area contributed by atoms with Crippen molar-refractivity contribution < 1.29 is 19.0 Å². The first-order valence-corrected chi connectivity index (χ1v) is 6.81. The van der Waals surface area contributed by atoms with E-state index in [2.05, 4.69) is 6.92 Å². The zero-order valence-electron chi connectivity index (χ0n) is 11.3. The fraction of sp³-hybridized carbons (Fsp3) is 0.533. The van der Waals surface area contributed by atoms with Crippen molar-refractivity contribution in [3.8, 4) is 5.75 Å². The van der Waals surface area contributed by atoms with Crippen LogP contribution in [0.25, 0.3) is 0 Å². The minimum absolute atomic E-state index is 0.112. The number of aromatic carboxylic acids is 1. The quantitative estimate of drug-likeness (QED) is 0.680. The topological polar surface area (TPSA) is 46.5 Å². The summed E-state index contributed by atoms with van der Waals surface area (Å²) in [4.78, 5) is 10.9. The largest absolute Gasteiger partial charge is 0.493 e. The van der Waals surface area contributed by atoms with Gasteiger partial charge in [-0.3, -0.25) is 0 Å². The number of carbonyl (C=O) groups is 1. The highest BCUT2D eigenvalue weighted by atomic mass is 19.1. The van der Waals surface area contributed by atoms with Crippen LogP contribution in [0.15, 0.2) is 18.2 Å². The molecule has 4 heteroatoms. The Morgan fingerprint density at radius 2 is 1.89 bits per heavy atom. The number of carboxylic acid groups (broad SMARTS) is 1. The second-order valence-corrected chi connectivity index (χ2v) is 4.53. The zero-order chi connectivity index (χ0) is 14.1. The molecule has 19 heavy (non-hydrogen) atoms. The smallest absolute Gasteiger partial charge is 0.342 e. The summed E-state index contributed by atoms with van der Waals surface area (Å²) >= 11 is 0. The van der Waals surface area contributed by atoms with Crippen molar-refractivity contribution in [3.05, 3.63) is 29.6 Å². The molecule has 0 atom stereocenters. The van der Waals surface area contributed by atoms with E-state index in [1.54, 1.807) is 0 Å². The highest BCUT2D eigenvalue weighted by Gasteiger charge is 2.16. The summed E-state index contributed by atoms with van der Waals surface area (Å²) < 4.78 is 18.7. The van der Waals surface area contributed by atoms with E-state index in [0.717, 1.165) is 25.3 Å². The van der Waals surface area contributed by atoms with Gasteiger partial charge in [0.1, 0.15) is 17.1 Å². The Labute approximate surface area is 113 Å². The van der Waals surface area contributed by atoms with Crippen molar-refractivity contribution in [2.75, 3.05) is 6.61 Å². The predicted octanol–water partition coefficient (Wildman–Crippen LogP) is 4.26. The first-order chi connectivity index (χ1) is 9.16. The number of rotatable bonds is 9. The van der Waals surface area contributed by atoms with Gasteiger partial charge in [-0.15, -0.1) is 0 Å². The van der Waals surface area contributed by atoms with Crippen LogP contribution in [0.1, 0.15) is 55.8 Å². The maximum absolute atomic E-state index is 13.4. The molecule has 106 valence electrons. The summed E-state index contributed by atoms with van der Waals surface area (Å²) in [6, 6.07) is 4.07. The average molecular weight is 268 g/mol. The predicted molar refractivity (Wildman–Crippen MR) is 72.2 cm³/mol.